The lowest BCUT2D eigenvalue weighted by atomic mass is 10.1. The molecular formula is C17H16N2O5. The Morgan fingerprint density at radius 1 is 1.17 bits per heavy atom. The topological polar surface area (TPSA) is 98.5 Å². The molecule has 7 heteroatoms. The lowest BCUT2D eigenvalue weighted by Crippen LogP contribution is -2.27. The molecule has 2 aromatic rings. The fraction of sp³-hybridized carbons (Fsp3) is 0.176. The van der Waals surface area contributed by atoms with Crippen LogP contribution in [0.5, 0.6) is 5.75 Å². The van der Waals surface area contributed by atoms with E-state index in [4.69, 9.17) is 4.74 Å². The van der Waals surface area contributed by atoms with E-state index >= 15 is 0 Å². The van der Waals surface area contributed by atoms with Crippen molar-refractivity contribution in [1.29, 1.82) is 0 Å². The normalized spacial score (nSPS) is 11.4. The number of benzene rings is 2. The van der Waals surface area contributed by atoms with E-state index < -0.39 is 16.8 Å². The van der Waals surface area contributed by atoms with Gasteiger partial charge in [-0.2, -0.15) is 0 Å². The summed E-state index contributed by atoms with van der Waals surface area (Å²) in [5.41, 5.74) is 0.552. The summed E-state index contributed by atoms with van der Waals surface area (Å²) in [5.74, 6) is -1.20. The highest BCUT2D eigenvalue weighted by molar-refractivity contribution is 5.98. The molecule has 0 heterocycles. The molecule has 124 valence electrons. The van der Waals surface area contributed by atoms with E-state index in [0.717, 1.165) is 11.6 Å². The zero-order chi connectivity index (χ0) is 17.7. The Morgan fingerprint density at radius 3 is 2.42 bits per heavy atom. The molecule has 0 fully saturated rings. The van der Waals surface area contributed by atoms with Crippen molar-refractivity contribution in [2.75, 3.05) is 0 Å². The van der Waals surface area contributed by atoms with Crippen LogP contribution in [0.25, 0.3) is 0 Å². The summed E-state index contributed by atoms with van der Waals surface area (Å²) >= 11 is 0. The number of ether oxygens (including phenoxy) is 1. The summed E-state index contributed by atoms with van der Waals surface area (Å²) < 4.78 is 4.97. The molecule has 0 saturated heterocycles. The monoisotopic (exact) mass is 328 g/mol. The number of carbonyl (C=O) groups is 2. The maximum absolute atomic E-state index is 12.5. The molecule has 24 heavy (non-hydrogen) atoms. The second-order valence-electron chi connectivity index (χ2n) is 5.14. The van der Waals surface area contributed by atoms with Crippen LogP contribution in [0, 0.1) is 10.1 Å². The van der Waals surface area contributed by atoms with E-state index in [1.165, 1.54) is 19.1 Å². The van der Waals surface area contributed by atoms with Crippen molar-refractivity contribution in [3.63, 3.8) is 0 Å². The smallest absolute Gasteiger partial charge is 0.308 e. The molecule has 1 atom stereocenters. The molecule has 2 aromatic carbocycles. The van der Waals surface area contributed by atoms with E-state index in [9.17, 15) is 19.7 Å². The zero-order valence-electron chi connectivity index (χ0n) is 13.2. The molecule has 1 amide bonds. The van der Waals surface area contributed by atoms with Gasteiger partial charge in [0.05, 0.1) is 16.5 Å². The van der Waals surface area contributed by atoms with Crippen LogP contribution in [0.3, 0.4) is 0 Å². The van der Waals surface area contributed by atoms with Gasteiger partial charge in [0, 0.05) is 19.1 Å². The van der Waals surface area contributed by atoms with Gasteiger partial charge in [-0.3, -0.25) is 19.7 Å². The summed E-state index contributed by atoms with van der Waals surface area (Å²) in [7, 11) is 0. The minimum absolute atomic E-state index is 0.0224. The number of hydrogen-bond donors (Lipinski definition) is 1. The Balaban J connectivity index is 2.30. The van der Waals surface area contributed by atoms with Gasteiger partial charge < -0.3 is 10.1 Å². The number of carbonyl (C=O) groups excluding carboxylic acids is 2. The van der Waals surface area contributed by atoms with Crippen LogP contribution in [0.4, 0.5) is 5.69 Å². The van der Waals surface area contributed by atoms with Crippen molar-refractivity contribution in [3.05, 3.63) is 69.8 Å². The number of amides is 1. The number of hydrogen-bond acceptors (Lipinski definition) is 5. The maximum Gasteiger partial charge on any atom is 0.308 e. The largest absolute Gasteiger partial charge is 0.426 e. The molecule has 0 aliphatic carbocycles. The lowest BCUT2D eigenvalue weighted by molar-refractivity contribution is -0.384. The quantitative estimate of drug-likeness (QED) is 0.394. The molecule has 0 bridgehead atoms. The molecule has 7 nitrogen and oxygen atoms in total. The first-order valence-corrected chi connectivity index (χ1v) is 7.21. The summed E-state index contributed by atoms with van der Waals surface area (Å²) in [5, 5.41) is 13.7. The average Bonchev–Trinajstić information content (AvgIpc) is 2.55. The second kappa shape index (κ2) is 7.36. The number of esters is 1. The Hall–Kier alpha value is -3.22. The first-order valence-electron chi connectivity index (χ1n) is 7.21. The zero-order valence-corrected chi connectivity index (χ0v) is 13.2. The maximum atomic E-state index is 12.5. The van der Waals surface area contributed by atoms with Crippen LogP contribution in [-0.4, -0.2) is 16.8 Å². The molecule has 0 radical (unpaired) electrons. The number of nitrogens with zero attached hydrogens (tertiary/aromatic N) is 1. The predicted molar refractivity (Wildman–Crippen MR) is 86.7 cm³/mol. The van der Waals surface area contributed by atoms with Crippen LogP contribution >= 0.6 is 0 Å². The fourth-order valence-electron chi connectivity index (χ4n) is 2.15. The molecule has 1 N–H and O–H groups in total. The Labute approximate surface area is 138 Å². The Bertz CT molecular complexity index is 774. The highest BCUT2D eigenvalue weighted by Crippen LogP contribution is 2.25. The van der Waals surface area contributed by atoms with Crippen LogP contribution in [-0.2, 0) is 4.79 Å². The molecular weight excluding hydrogens is 312 g/mol. The number of rotatable bonds is 5. The number of nitrogens with one attached hydrogen (secondary N) is 1. The minimum atomic E-state index is -0.617. The highest BCUT2D eigenvalue weighted by Gasteiger charge is 2.20. The van der Waals surface area contributed by atoms with E-state index in [-0.39, 0.29) is 23.0 Å². The molecule has 0 spiro atoms. The van der Waals surface area contributed by atoms with Gasteiger partial charge in [0.15, 0.2) is 0 Å². The first-order chi connectivity index (χ1) is 11.4. The second-order valence-corrected chi connectivity index (χ2v) is 5.14. The molecule has 2 rings (SSSR count). The summed E-state index contributed by atoms with van der Waals surface area (Å²) in [6, 6.07) is 12.4. The van der Waals surface area contributed by atoms with Gasteiger partial charge in [-0.25, -0.2) is 0 Å². The van der Waals surface area contributed by atoms with Crippen molar-refractivity contribution < 1.29 is 19.2 Å². The van der Waals surface area contributed by atoms with Gasteiger partial charge in [-0.05, 0) is 18.6 Å². The summed E-state index contributed by atoms with van der Waals surface area (Å²) in [6.07, 6.45) is 0. The van der Waals surface area contributed by atoms with Crippen molar-refractivity contribution in [3.8, 4) is 5.75 Å². The Morgan fingerprint density at radius 2 is 1.83 bits per heavy atom. The van der Waals surface area contributed by atoms with Crippen molar-refractivity contribution in [2.45, 2.75) is 19.9 Å². The average molecular weight is 328 g/mol. The third-order valence-electron chi connectivity index (χ3n) is 3.32. The van der Waals surface area contributed by atoms with Crippen molar-refractivity contribution >= 4 is 17.6 Å². The molecule has 0 aliphatic rings. The predicted octanol–water partition coefficient (Wildman–Crippen LogP) is 3.01. The van der Waals surface area contributed by atoms with Gasteiger partial charge in [-0.15, -0.1) is 0 Å². The minimum Gasteiger partial charge on any atom is -0.426 e. The first kappa shape index (κ1) is 17.1. The van der Waals surface area contributed by atoms with E-state index in [2.05, 4.69) is 5.32 Å². The van der Waals surface area contributed by atoms with Crippen molar-refractivity contribution in [1.82, 2.24) is 5.32 Å². The highest BCUT2D eigenvalue weighted by atomic mass is 16.6. The van der Waals surface area contributed by atoms with Crippen LogP contribution in [0.2, 0.25) is 0 Å². The molecule has 0 saturated carbocycles. The SMILES string of the molecule is CC(=O)Oc1ccc([N+](=O)[O-])cc1C(=O)N[C@@H](C)c1ccccc1. The number of nitro groups is 1. The summed E-state index contributed by atoms with van der Waals surface area (Å²) in [4.78, 5) is 33.9. The van der Waals surface area contributed by atoms with Crippen LogP contribution in [0.1, 0.15) is 35.8 Å². The molecule has 0 aromatic heterocycles. The van der Waals surface area contributed by atoms with Gasteiger partial charge in [0.2, 0.25) is 0 Å². The third kappa shape index (κ3) is 4.16. The van der Waals surface area contributed by atoms with Gasteiger partial charge in [0.25, 0.3) is 11.6 Å². The van der Waals surface area contributed by atoms with E-state index in [1.54, 1.807) is 6.92 Å². The Kier molecular flexibility index (Phi) is 5.26. The third-order valence-corrected chi connectivity index (χ3v) is 3.32. The molecule has 0 unspecified atom stereocenters. The van der Waals surface area contributed by atoms with Crippen LogP contribution < -0.4 is 10.1 Å². The molecule has 0 aliphatic heterocycles. The number of nitro benzene ring substituents is 1. The lowest BCUT2D eigenvalue weighted by Gasteiger charge is -2.15. The van der Waals surface area contributed by atoms with Crippen LogP contribution in [0.15, 0.2) is 48.5 Å². The summed E-state index contributed by atoms with van der Waals surface area (Å²) in [6.45, 7) is 2.98. The van der Waals surface area contributed by atoms with E-state index in [0.29, 0.717) is 0 Å². The van der Waals surface area contributed by atoms with Gasteiger partial charge >= 0.3 is 5.97 Å². The van der Waals surface area contributed by atoms with Crippen molar-refractivity contribution in [2.24, 2.45) is 0 Å². The van der Waals surface area contributed by atoms with Gasteiger partial charge in [0.1, 0.15) is 5.75 Å². The fourth-order valence-corrected chi connectivity index (χ4v) is 2.15. The van der Waals surface area contributed by atoms with E-state index in [1.807, 2.05) is 30.3 Å². The van der Waals surface area contributed by atoms with Gasteiger partial charge in [-0.1, -0.05) is 30.3 Å². The number of non-ortho nitro benzene ring substituents is 1. The standard InChI is InChI=1S/C17H16N2O5/c1-11(13-6-4-3-5-7-13)18-17(21)15-10-14(19(22)23)8-9-16(15)24-12(2)20/h3-11H,1-2H3,(H,18,21)/t11-/m0/s1.